The molecular formula is C22H26N4O4S. The summed E-state index contributed by atoms with van der Waals surface area (Å²) in [5.74, 6) is 0.0618. The molecule has 2 aromatic carbocycles. The summed E-state index contributed by atoms with van der Waals surface area (Å²) < 4.78 is 33.4. The molecule has 1 aliphatic heterocycles. The topological polar surface area (TPSA) is 114 Å². The molecule has 1 fully saturated rings. The fourth-order valence-corrected chi connectivity index (χ4v) is 4.98. The zero-order valence-electron chi connectivity index (χ0n) is 17.6. The summed E-state index contributed by atoms with van der Waals surface area (Å²) in [4.78, 5) is 14.9. The number of carbonyl (C=O) groups is 1. The lowest BCUT2D eigenvalue weighted by Gasteiger charge is -2.42. The first-order valence-corrected chi connectivity index (χ1v) is 11.7. The number of amidine groups is 1. The third kappa shape index (κ3) is 4.36. The standard InChI is InChI=1S/C22H26N4O4S/c1-26(2)17-8-3-6-15(12-17)21(27)24-22(10-5-11-22)14-30-18-9-4-7-16-13-31(28,29)25-20(23)19(16)18/h3-4,6-9,12H,5,10-11,13-14H2,1-2H3,(H2,23,25)(H,24,27). The van der Waals surface area contributed by atoms with E-state index in [1.807, 2.05) is 37.2 Å². The summed E-state index contributed by atoms with van der Waals surface area (Å²) in [5, 5.41) is 3.15. The Morgan fingerprint density at radius 3 is 2.65 bits per heavy atom. The van der Waals surface area contributed by atoms with Gasteiger partial charge in [0.1, 0.15) is 18.2 Å². The first-order chi connectivity index (χ1) is 14.7. The maximum Gasteiger partial charge on any atom is 0.259 e. The van der Waals surface area contributed by atoms with E-state index in [9.17, 15) is 13.2 Å². The first kappa shape index (κ1) is 21.2. The molecule has 8 nitrogen and oxygen atoms in total. The first-order valence-electron chi connectivity index (χ1n) is 10.1. The Morgan fingerprint density at radius 2 is 1.97 bits per heavy atom. The van der Waals surface area contributed by atoms with Gasteiger partial charge in [-0.1, -0.05) is 18.2 Å². The van der Waals surface area contributed by atoms with E-state index in [4.69, 9.17) is 10.5 Å². The van der Waals surface area contributed by atoms with Gasteiger partial charge in [-0.25, -0.2) is 8.42 Å². The van der Waals surface area contributed by atoms with E-state index < -0.39 is 15.6 Å². The zero-order valence-corrected chi connectivity index (χ0v) is 18.4. The van der Waals surface area contributed by atoms with Crippen LogP contribution in [-0.4, -0.2) is 46.4 Å². The molecule has 0 unspecified atom stereocenters. The Labute approximate surface area is 182 Å². The molecule has 31 heavy (non-hydrogen) atoms. The Bertz CT molecular complexity index is 1150. The number of hydrogen-bond donors (Lipinski definition) is 2. The van der Waals surface area contributed by atoms with Gasteiger partial charge in [-0.05, 0) is 49.1 Å². The summed E-state index contributed by atoms with van der Waals surface area (Å²) in [6, 6.07) is 12.6. The molecule has 1 aliphatic carbocycles. The number of benzene rings is 2. The molecule has 0 atom stereocenters. The molecular weight excluding hydrogens is 416 g/mol. The molecule has 3 N–H and O–H groups in total. The Hall–Kier alpha value is -3.07. The quantitative estimate of drug-likeness (QED) is 0.708. The van der Waals surface area contributed by atoms with E-state index in [2.05, 4.69) is 9.71 Å². The number of anilines is 1. The van der Waals surface area contributed by atoms with Gasteiger partial charge in [0.15, 0.2) is 0 Å². The lowest BCUT2D eigenvalue weighted by Crippen LogP contribution is -2.57. The minimum absolute atomic E-state index is 0.0657. The van der Waals surface area contributed by atoms with E-state index in [1.165, 1.54) is 0 Å². The highest BCUT2D eigenvalue weighted by Gasteiger charge is 2.40. The molecule has 0 aromatic heterocycles. The van der Waals surface area contributed by atoms with Crippen molar-refractivity contribution in [3.8, 4) is 5.75 Å². The predicted octanol–water partition coefficient (Wildman–Crippen LogP) is 2.03. The molecule has 1 saturated carbocycles. The second-order valence-electron chi connectivity index (χ2n) is 8.31. The number of fused-ring (bicyclic) bond motifs is 1. The zero-order chi connectivity index (χ0) is 22.2. The Morgan fingerprint density at radius 1 is 1.23 bits per heavy atom. The summed E-state index contributed by atoms with van der Waals surface area (Å²) in [6.07, 6.45) is 2.61. The van der Waals surface area contributed by atoms with Crippen LogP contribution in [0.1, 0.15) is 40.7 Å². The van der Waals surface area contributed by atoms with Crippen molar-refractivity contribution in [2.75, 3.05) is 25.6 Å². The molecule has 2 aliphatic rings. The lowest BCUT2D eigenvalue weighted by molar-refractivity contribution is 0.0691. The SMILES string of the molecule is CN(C)c1cccc(C(=O)NC2(COc3cccc4c3C(N)=NS(=O)(=O)C4)CCC2)c1. The third-order valence-corrected chi connectivity index (χ3v) is 6.91. The second kappa shape index (κ2) is 7.88. The molecule has 0 bridgehead atoms. The van der Waals surface area contributed by atoms with Crippen LogP contribution in [0.15, 0.2) is 46.9 Å². The summed E-state index contributed by atoms with van der Waals surface area (Å²) in [5.41, 5.74) is 8.07. The molecule has 4 rings (SSSR count). The van der Waals surface area contributed by atoms with Crippen molar-refractivity contribution in [3.05, 3.63) is 59.2 Å². The fraction of sp³-hybridized carbons (Fsp3) is 0.364. The molecule has 2 aromatic rings. The van der Waals surface area contributed by atoms with Crippen LogP contribution in [0.25, 0.3) is 0 Å². The van der Waals surface area contributed by atoms with Gasteiger partial charge >= 0.3 is 0 Å². The maximum absolute atomic E-state index is 12.9. The van der Waals surface area contributed by atoms with Crippen LogP contribution in [-0.2, 0) is 15.8 Å². The average Bonchev–Trinajstić information content (AvgIpc) is 2.68. The van der Waals surface area contributed by atoms with E-state index in [0.717, 1.165) is 24.9 Å². The molecule has 0 radical (unpaired) electrons. The van der Waals surface area contributed by atoms with Gasteiger partial charge in [-0.15, -0.1) is 4.40 Å². The van der Waals surface area contributed by atoms with Crippen LogP contribution in [0.2, 0.25) is 0 Å². The van der Waals surface area contributed by atoms with E-state index in [1.54, 1.807) is 24.3 Å². The van der Waals surface area contributed by atoms with Crippen molar-refractivity contribution in [1.29, 1.82) is 0 Å². The van der Waals surface area contributed by atoms with Gasteiger partial charge in [0.2, 0.25) is 0 Å². The van der Waals surface area contributed by atoms with E-state index in [-0.39, 0.29) is 24.1 Å². The van der Waals surface area contributed by atoms with Crippen LogP contribution >= 0.6 is 0 Å². The largest absolute Gasteiger partial charge is 0.490 e. The second-order valence-corrected chi connectivity index (χ2v) is 9.95. The number of rotatable bonds is 6. The predicted molar refractivity (Wildman–Crippen MR) is 120 cm³/mol. The Balaban J connectivity index is 1.51. The normalized spacial score (nSPS) is 18.2. The van der Waals surface area contributed by atoms with E-state index in [0.29, 0.717) is 22.4 Å². The monoisotopic (exact) mass is 442 g/mol. The van der Waals surface area contributed by atoms with Crippen molar-refractivity contribution in [2.45, 2.75) is 30.6 Å². The Kier molecular flexibility index (Phi) is 5.38. The summed E-state index contributed by atoms with van der Waals surface area (Å²) >= 11 is 0. The summed E-state index contributed by atoms with van der Waals surface area (Å²) in [7, 11) is 0.251. The van der Waals surface area contributed by atoms with Gasteiger partial charge in [0.25, 0.3) is 15.9 Å². The molecule has 0 spiro atoms. The van der Waals surface area contributed by atoms with E-state index >= 15 is 0 Å². The van der Waals surface area contributed by atoms with Gasteiger partial charge in [0, 0.05) is 25.3 Å². The molecule has 164 valence electrons. The molecule has 0 saturated heterocycles. The maximum atomic E-state index is 12.9. The highest BCUT2D eigenvalue weighted by atomic mass is 32.2. The molecule has 9 heteroatoms. The van der Waals surface area contributed by atoms with Crippen molar-refractivity contribution < 1.29 is 17.9 Å². The highest BCUT2D eigenvalue weighted by Crippen LogP contribution is 2.35. The summed E-state index contributed by atoms with van der Waals surface area (Å²) in [6.45, 7) is 0.266. The minimum Gasteiger partial charge on any atom is -0.490 e. The lowest BCUT2D eigenvalue weighted by atomic mass is 9.77. The van der Waals surface area contributed by atoms with Crippen LogP contribution in [0.4, 0.5) is 5.69 Å². The number of ether oxygens (including phenoxy) is 1. The third-order valence-electron chi connectivity index (χ3n) is 5.76. The van der Waals surface area contributed by atoms with Gasteiger partial charge < -0.3 is 20.7 Å². The van der Waals surface area contributed by atoms with Gasteiger partial charge in [0.05, 0.1) is 16.9 Å². The number of sulfonamides is 1. The van der Waals surface area contributed by atoms with Crippen molar-refractivity contribution in [3.63, 3.8) is 0 Å². The van der Waals surface area contributed by atoms with Crippen LogP contribution in [0.3, 0.4) is 0 Å². The van der Waals surface area contributed by atoms with Crippen LogP contribution in [0, 0.1) is 0 Å². The van der Waals surface area contributed by atoms with Crippen molar-refractivity contribution in [1.82, 2.24) is 5.32 Å². The highest BCUT2D eigenvalue weighted by molar-refractivity contribution is 7.89. The van der Waals surface area contributed by atoms with Crippen molar-refractivity contribution >= 4 is 27.5 Å². The van der Waals surface area contributed by atoms with Crippen molar-refractivity contribution in [2.24, 2.45) is 10.1 Å². The van der Waals surface area contributed by atoms with Gasteiger partial charge in [-0.2, -0.15) is 0 Å². The molecule has 1 heterocycles. The van der Waals surface area contributed by atoms with Gasteiger partial charge in [-0.3, -0.25) is 4.79 Å². The van der Waals surface area contributed by atoms with Crippen LogP contribution in [0.5, 0.6) is 5.75 Å². The average molecular weight is 443 g/mol. The molecule has 1 amide bonds. The number of carbonyl (C=O) groups excluding carboxylic acids is 1. The number of amides is 1. The number of nitrogens with one attached hydrogen (secondary N) is 1. The fourth-order valence-electron chi connectivity index (χ4n) is 3.90. The number of nitrogens with two attached hydrogens (primary N) is 1. The van der Waals surface area contributed by atoms with Crippen LogP contribution < -0.4 is 20.7 Å². The number of nitrogens with zero attached hydrogens (tertiary/aromatic N) is 2. The smallest absolute Gasteiger partial charge is 0.259 e. The number of hydrogen-bond acceptors (Lipinski definition) is 6. The minimum atomic E-state index is -3.61.